The quantitative estimate of drug-likeness (QED) is 0.549. The van der Waals surface area contributed by atoms with Gasteiger partial charge in [-0.1, -0.05) is 6.58 Å². The summed E-state index contributed by atoms with van der Waals surface area (Å²) in [5.74, 6) is 0.351. The van der Waals surface area contributed by atoms with Gasteiger partial charge >= 0.3 is 0 Å². The number of aliphatic hydroxyl groups excluding tert-OH is 1. The molecule has 0 aliphatic carbocycles. The molecule has 1 aromatic heterocycles. The number of carbonyl (C=O) groups excluding carboxylic acids is 1. The highest BCUT2D eigenvalue weighted by Crippen LogP contribution is 2.21. The molecule has 0 radical (unpaired) electrons. The van der Waals surface area contributed by atoms with Crippen molar-refractivity contribution in [2.75, 3.05) is 0 Å². The van der Waals surface area contributed by atoms with E-state index in [1.165, 1.54) is 12.3 Å². The summed E-state index contributed by atoms with van der Waals surface area (Å²) >= 11 is 0. The molecule has 0 bridgehead atoms. The van der Waals surface area contributed by atoms with Crippen LogP contribution in [0.4, 0.5) is 0 Å². The first-order chi connectivity index (χ1) is 5.65. The Morgan fingerprint density at radius 3 is 2.92 bits per heavy atom. The summed E-state index contributed by atoms with van der Waals surface area (Å²) in [4.78, 5) is 10.2. The second-order valence-corrected chi connectivity index (χ2v) is 2.65. The first-order valence-corrected chi connectivity index (χ1v) is 3.52. The summed E-state index contributed by atoms with van der Waals surface area (Å²) in [6.07, 6.45) is 1.14. The van der Waals surface area contributed by atoms with Crippen LogP contribution in [0.3, 0.4) is 0 Å². The Morgan fingerprint density at radius 1 is 1.83 bits per heavy atom. The van der Waals surface area contributed by atoms with Crippen LogP contribution in [0, 0.1) is 0 Å². The van der Waals surface area contributed by atoms with Crippen molar-refractivity contribution < 1.29 is 14.3 Å². The molecule has 0 aliphatic heterocycles. The molecule has 0 fully saturated rings. The summed E-state index contributed by atoms with van der Waals surface area (Å²) in [5, 5.41) is 9.40. The fourth-order valence-corrected chi connectivity index (χ4v) is 0.816. The fourth-order valence-electron chi connectivity index (χ4n) is 0.816. The van der Waals surface area contributed by atoms with Crippen molar-refractivity contribution in [1.82, 2.24) is 0 Å². The van der Waals surface area contributed by atoms with Gasteiger partial charge in [0.15, 0.2) is 6.29 Å². The number of aliphatic hydroxyl groups is 1. The Bertz CT molecular complexity index is 298. The maximum absolute atomic E-state index is 10.2. The lowest BCUT2D eigenvalue weighted by atomic mass is 10.1. The fraction of sp³-hybridized carbons (Fsp3) is 0.222. The van der Waals surface area contributed by atoms with Gasteiger partial charge in [0.1, 0.15) is 18.1 Å². The molecule has 0 aliphatic rings. The molecule has 1 rings (SSSR count). The third-order valence-corrected chi connectivity index (χ3v) is 1.51. The van der Waals surface area contributed by atoms with Gasteiger partial charge in [-0.25, -0.2) is 0 Å². The van der Waals surface area contributed by atoms with E-state index in [1.54, 1.807) is 6.92 Å². The molecule has 1 aromatic rings. The van der Waals surface area contributed by atoms with Crippen LogP contribution in [-0.2, 0) is 0 Å². The van der Waals surface area contributed by atoms with Crippen molar-refractivity contribution in [1.29, 1.82) is 0 Å². The summed E-state index contributed by atoms with van der Waals surface area (Å²) in [5.41, 5.74) is 1.01. The molecule has 3 nitrogen and oxygen atoms in total. The maximum Gasteiger partial charge on any atom is 0.153 e. The zero-order valence-corrected chi connectivity index (χ0v) is 6.78. The van der Waals surface area contributed by atoms with Crippen molar-refractivity contribution in [3.05, 3.63) is 35.8 Å². The summed E-state index contributed by atoms with van der Waals surface area (Å²) in [6, 6.07) is 1.49. The highest BCUT2D eigenvalue weighted by molar-refractivity contribution is 5.74. The van der Waals surface area contributed by atoms with Gasteiger partial charge in [-0.3, -0.25) is 4.79 Å². The molecule has 3 heteroatoms. The van der Waals surface area contributed by atoms with Crippen molar-refractivity contribution >= 4 is 6.29 Å². The monoisotopic (exact) mass is 166 g/mol. The molecule has 1 N–H and O–H groups in total. The number of aldehydes is 1. The van der Waals surface area contributed by atoms with Crippen LogP contribution in [0.1, 0.15) is 29.1 Å². The van der Waals surface area contributed by atoms with E-state index in [0.29, 0.717) is 23.2 Å². The second-order valence-electron chi connectivity index (χ2n) is 2.65. The average Bonchev–Trinajstić information content (AvgIpc) is 2.50. The molecular weight excluding hydrogens is 156 g/mol. The molecule has 1 unspecified atom stereocenters. The van der Waals surface area contributed by atoms with E-state index in [2.05, 4.69) is 6.58 Å². The maximum atomic E-state index is 10.2. The normalized spacial score (nSPS) is 12.5. The molecule has 0 aromatic carbocycles. The molecule has 64 valence electrons. The van der Waals surface area contributed by atoms with E-state index in [9.17, 15) is 9.90 Å². The van der Waals surface area contributed by atoms with Gasteiger partial charge in [0, 0.05) is 0 Å². The number of hydrogen-bond donors (Lipinski definition) is 1. The summed E-state index contributed by atoms with van der Waals surface area (Å²) < 4.78 is 4.94. The third-order valence-electron chi connectivity index (χ3n) is 1.51. The molecular formula is C9H10O3. The van der Waals surface area contributed by atoms with Gasteiger partial charge in [-0.05, 0) is 18.6 Å². The van der Waals surface area contributed by atoms with Crippen LogP contribution < -0.4 is 0 Å². The molecule has 0 spiro atoms. The highest BCUT2D eigenvalue weighted by atomic mass is 16.4. The van der Waals surface area contributed by atoms with Gasteiger partial charge in [-0.2, -0.15) is 0 Å². The Labute approximate surface area is 70.3 Å². The van der Waals surface area contributed by atoms with E-state index in [0.717, 1.165) is 0 Å². The Hall–Kier alpha value is -1.35. The van der Waals surface area contributed by atoms with Crippen LogP contribution in [-0.4, -0.2) is 11.4 Å². The molecule has 0 saturated heterocycles. The molecule has 0 saturated carbocycles. The lowest BCUT2D eigenvalue weighted by Gasteiger charge is -2.04. The number of furan rings is 1. The molecule has 12 heavy (non-hydrogen) atoms. The topological polar surface area (TPSA) is 50.4 Å². The van der Waals surface area contributed by atoms with Crippen molar-refractivity contribution in [2.24, 2.45) is 0 Å². The summed E-state index contributed by atoms with van der Waals surface area (Å²) in [7, 11) is 0. The minimum absolute atomic E-state index is 0.351. The molecule has 0 amide bonds. The van der Waals surface area contributed by atoms with Crippen LogP contribution in [0.25, 0.3) is 0 Å². The Morgan fingerprint density at radius 2 is 2.50 bits per heavy atom. The van der Waals surface area contributed by atoms with Crippen molar-refractivity contribution in [3.8, 4) is 0 Å². The minimum Gasteiger partial charge on any atom is -0.465 e. The van der Waals surface area contributed by atoms with Crippen molar-refractivity contribution in [2.45, 2.75) is 13.0 Å². The predicted octanol–water partition coefficient (Wildman–Crippen LogP) is 1.70. The lowest BCUT2D eigenvalue weighted by Crippen LogP contribution is -1.95. The second kappa shape index (κ2) is 3.36. The first-order valence-electron chi connectivity index (χ1n) is 3.52. The van der Waals surface area contributed by atoms with Gasteiger partial charge in [0.2, 0.25) is 0 Å². The highest BCUT2D eigenvalue weighted by Gasteiger charge is 2.12. The smallest absolute Gasteiger partial charge is 0.153 e. The van der Waals surface area contributed by atoms with Crippen LogP contribution in [0.2, 0.25) is 0 Å². The average molecular weight is 166 g/mol. The zero-order chi connectivity index (χ0) is 9.14. The number of rotatable bonds is 3. The van der Waals surface area contributed by atoms with E-state index in [-0.39, 0.29) is 0 Å². The largest absolute Gasteiger partial charge is 0.465 e. The first kappa shape index (κ1) is 8.74. The van der Waals surface area contributed by atoms with Crippen molar-refractivity contribution in [3.63, 3.8) is 0 Å². The Kier molecular flexibility index (Phi) is 2.45. The van der Waals surface area contributed by atoms with E-state index in [4.69, 9.17) is 4.42 Å². The minimum atomic E-state index is -0.821. The molecule has 1 atom stereocenters. The van der Waals surface area contributed by atoms with Gasteiger partial charge in [0.25, 0.3) is 0 Å². The SMILES string of the molecule is C=C(C)C(O)c1cc(C=O)co1. The standard InChI is InChI=1S/C9H10O3/c1-6(2)9(11)8-3-7(4-10)5-12-8/h3-5,9,11H,1H2,2H3. The Balaban J connectivity index is 2.88. The summed E-state index contributed by atoms with van der Waals surface area (Å²) in [6.45, 7) is 5.26. The number of hydrogen-bond acceptors (Lipinski definition) is 3. The van der Waals surface area contributed by atoms with Crippen LogP contribution in [0.5, 0.6) is 0 Å². The number of carbonyl (C=O) groups is 1. The van der Waals surface area contributed by atoms with Gasteiger partial charge < -0.3 is 9.52 Å². The van der Waals surface area contributed by atoms with E-state index < -0.39 is 6.10 Å². The van der Waals surface area contributed by atoms with Crippen LogP contribution >= 0.6 is 0 Å². The molecule has 1 heterocycles. The van der Waals surface area contributed by atoms with E-state index >= 15 is 0 Å². The lowest BCUT2D eigenvalue weighted by molar-refractivity contribution is 0.112. The zero-order valence-electron chi connectivity index (χ0n) is 6.78. The van der Waals surface area contributed by atoms with Gasteiger partial charge in [0.05, 0.1) is 5.56 Å². The van der Waals surface area contributed by atoms with Crippen LogP contribution in [0.15, 0.2) is 28.9 Å². The third kappa shape index (κ3) is 1.62. The van der Waals surface area contributed by atoms with E-state index in [1.807, 2.05) is 0 Å². The predicted molar refractivity (Wildman–Crippen MR) is 43.9 cm³/mol. The van der Waals surface area contributed by atoms with Gasteiger partial charge in [-0.15, -0.1) is 0 Å².